The zero-order valence-corrected chi connectivity index (χ0v) is 11.0. The second kappa shape index (κ2) is 7.70. The van der Waals surface area contributed by atoms with Crippen molar-refractivity contribution in [1.29, 1.82) is 0 Å². The number of aliphatic imine (C=N–C) groups is 1. The van der Waals surface area contributed by atoms with Gasteiger partial charge in [-0.2, -0.15) is 5.10 Å². The molecule has 1 aromatic rings. The van der Waals surface area contributed by atoms with Crippen LogP contribution in [-0.4, -0.2) is 35.4 Å². The van der Waals surface area contributed by atoms with E-state index in [-0.39, 0.29) is 0 Å². The summed E-state index contributed by atoms with van der Waals surface area (Å²) in [6, 6.07) is 1.93. The molecule has 2 N–H and O–H groups in total. The fourth-order valence-corrected chi connectivity index (χ4v) is 1.34. The fourth-order valence-electron chi connectivity index (χ4n) is 1.34. The Hall–Kier alpha value is -1.52. The monoisotopic (exact) mass is 237 g/mol. The van der Waals surface area contributed by atoms with Gasteiger partial charge in [0.2, 0.25) is 0 Å². The number of hydrogen-bond donors (Lipinski definition) is 2. The standard InChI is InChI=1S/C12H23N5/c1-4-13-12(15-10-11(2)3)14-7-9-17-8-5-6-16-17/h5-6,8,11H,4,7,9-10H2,1-3H3,(H2,13,14,15). The SMILES string of the molecule is CCNC(=NCC(C)C)NCCn1cccn1. The highest BCUT2D eigenvalue weighted by atomic mass is 15.3. The van der Waals surface area contributed by atoms with Crippen molar-refractivity contribution in [2.75, 3.05) is 19.6 Å². The summed E-state index contributed by atoms with van der Waals surface area (Å²) in [4.78, 5) is 4.50. The lowest BCUT2D eigenvalue weighted by molar-refractivity contribution is 0.594. The molecule has 5 nitrogen and oxygen atoms in total. The van der Waals surface area contributed by atoms with E-state index in [1.165, 1.54) is 0 Å². The number of guanidine groups is 1. The average Bonchev–Trinajstić information content (AvgIpc) is 2.78. The Morgan fingerprint density at radius 1 is 1.41 bits per heavy atom. The van der Waals surface area contributed by atoms with Gasteiger partial charge in [-0.3, -0.25) is 9.67 Å². The van der Waals surface area contributed by atoms with E-state index in [4.69, 9.17) is 0 Å². The maximum absolute atomic E-state index is 4.50. The smallest absolute Gasteiger partial charge is 0.191 e. The Balaban J connectivity index is 2.31. The van der Waals surface area contributed by atoms with Gasteiger partial charge in [-0.25, -0.2) is 0 Å². The van der Waals surface area contributed by atoms with Gasteiger partial charge in [0.05, 0.1) is 6.54 Å². The third-order valence-corrected chi connectivity index (χ3v) is 2.15. The zero-order chi connectivity index (χ0) is 12.5. The summed E-state index contributed by atoms with van der Waals surface area (Å²) in [6.07, 6.45) is 3.75. The molecule has 1 aromatic heterocycles. The number of rotatable bonds is 6. The van der Waals surface area contributed by atoms with Gasteiger partial charge in [0.15, 0.2) is 5.96 Å². The molecule has 0 spiro atoms. The molecule has 0 aromatic carbocycles. The predicted octanol–water partition coefficient (Wildman–Crippen LogP) is 1.09. The van der Waals surface area contributed by atoms with Crippen LogP contribution in [0.3, 0.4) is 0 Å². The van der Waals surface area contributed by atoms with E-state index in [0.29, 0.717) is 5.92 Å². The highest BCUT2D eigenvalue weighted by molar-refractivity contribution is 5.79. The predicted molar refractivity (Wildman–Crippen MR) is 71.0 cm³/mol. The molecule has 96 valence electrons. The van der Waals surface area contributed by atoms with Crippen molar-refractivity contribution in [1.82, 2.24) is 20.4 Å². The van der Waals surface area contributed by atoms with Gasteiger partial charge in [0, 0.05) is 32.0 Å². The summed E-state index contributed by atoms with van der Waals surface area (Å²) in [6.45, 7) is 9.79. The fraction of sp³-hybridized carbons (Fsp3) is 0.667. The van der Waals surface area contributed by atoms with Gasteiger partial charge in [-0.05, 0) is 18.9 Å². The first-order valence-corrected chi connectivity index (χ1v) is 6.22. The van der Waals surface area contributed by atoms with E-state index in [1.807, 2.05) is 16.9 Å². The van der Waals surface area contributed by atoms with Crippen molar-refractivity contribution < 1.29 is 0 Å². The van der Waals surface area contributed by atoms with Crippen LogP contribution in [0.15, 0.2) is 23.5 Å². The van der Waals surface area contributed by atoms with Crippen LogP contribution < -0.4 is 10.6 Å². The maximum atomic E-state index is 4.50. The summed E-state index contributed by atoms with van der Waals surface area (Å²) >= 11 is 0. The molecule has 0 aliphatic heterocycles. The highest BCUT2D eigenvalue weighted by Gasteiger charge is 1.98. The first-order chi connectivity index (χ1) is 8.22. The number of hydrogen-bond acceptors (Lipinski definition) is 2. The van der Waals surface area contributed by atoms with Gasteiger partial charge in [0.25, 0.3) is 0 Å². The molecule has 0 saturated carbocycles. The molecule has 1 rings (SSSR count). The average molecular weight is 237 g/mol. The van der Waals surface area contributed by atoms with Crippen molar-refractivity contribution in [3.63, 3.8) is 0 Å². The quantitative estimate of drug-likeness (QED) is 0.575. The van der Waals surface area contributed by atoms with Crippen molar-refractivity contribution in [3.05, 3.63) is 18.5 Å². The number of nitrogens with zero attached hydrogens (tertiary/aromatic N) is 3. The van der Waals surface area contributed by atoms with E-state index >= 15 is 0 Å². The molecule has 1 heterocycles. The van der Waals surface area contributed by atoms with Crippen molar-refractivity contribution in [3.8, 4) is 0 Å². The Morgan fingerprint density at radius 3 is 2.82 bits per heavy atom. The van der Waals surface area contributed by atoms with Gasteiger partial charge in [-0.15, -0.1) is 0 Å². The van der Waals surface area contributed by atoms with Crippen molar-refractivity contribution in [2.24, 2.45) is 10.9 Å². The Bertz CT molecular complexity index is 316. The molecular formula is C12H23N5. The lowest BCUT2D eigenvalue weighted by Crippen LogP contribution is -2.39. The zero-order valence-electron chi connectivity index (χ0n) is 11.0. The largest absolute Gasteiger partial charge is 0.357 e. The third-order valence-electron chi connectivity index (χ3n) is 2.15. The summed E-state index contributed by atoms with van der Waals surface area (Å²) in [7, 11) is 0. The van der Waals surface area contributed by atoms with Crippen LogP contribution in [0.5, 0.6) is 0 Å². The molecule has 17 heavy (non-hydrogen) atoms. The topological polar surface area (TPSA) is 54.2 Å². The van der Waals surface area contributed by atoms with Crippen LogP contribution in [0.1, 0.15) is 20.8 Å². The second-order valence-electron chi connectivity index (χ2n) is 4.31. The summed E-state index contributed by atoms with van der Waals surface area (Å²) in [5.74, 6) is 1.46. The van der Waals surface area contributed by atoms with E-state index < -0.39 is 0 Å². The van der Waals surface area contributed by atoms with Gasteiger partial charge >= 0.3 is 0 Å². The highest BCUT2D eigenvalue weighted by Crippen LogP contribution is 1.91. The first-order valence-electron chi connectivity index (χ1n) is 6.22. The minimum Gasteiger partial charge on any atom is -0.357 e. The Morgan fingerprint density at radius 2 is 2.24 bits per heavy atom. The van der Waals surface area contributed by atoms with Gasteiger partial charge in [0.1, 0.15) is 0 Å². The third kappa shape index (κ3) is 5.94. The molecule has 0 unspecified atom stereocenters. The molecule has 0 atom stereocenters. The van der Waals surface area contributed by atoms with Gasteiger partial charge < -0.3 is 10.6 Å². The molecule has 5 heteroatoms. The Labute approximate surface area is 103 Å². The van der Waals surface area contributed by atoms with E-state index in [0.717, 1.165) is 32.1 Å². The number of aromatic nitrogens is 2. The number of nitrogens with one attached hydrogen (secondary N) is 2. The second-order valence-corrected chi connectivity index (χ2v) is 4.31. The van der Waals surface area contributed by atoms with Crippen LogP contribution >= 0.6 is 0 Å². The Kier molecular flexibility index (Phi) is 6.14. The van der Waals surface area contributed by atoms with Crippen molar-refractivity contribution in [2.45, 2.75) is 27.3 Å². The molecule has 0 aliphatic rings. The van der Waals surface area contributed by atoms with Crippen molar-refractivity contribution >= 4 is 5.96 Å². The molecule has 0 bridgehead atoms. The molecular weight excluding hydrogens is 214 g/mol. The van der Waals surface area contributed by atoms with Crippen LogP contribution in [-0.2, 0) is 6.54 Å². The van der Waals surface area contributed by atoms with Gasteiger partial charge in [-0.1, -0.05) is 13.8 Å². The molecule has 0 radical (unpaired) electrons. The van der Waals surface area contributed by atoms with Crippen LogP contribution in [0.4, 0.5) is 0 Å². The minimum atomic E-state index is 0.580. The summed E-state index contributed by atoms with van der Waals surface area (Å²) in [5.41, 5.74) is 0. The lowest BCUT2D eigenvalue weighted by Gasteiger charge is -2.11. The first kappa shape index (κ1) is 13.5. The van der Waals surface area contributed by atoms with Crippen LogP contribution in [0, 0.1) is 5.92 Å². The lowest BCUT2D eigenvalue weighted by atomic mass is 10.2. The molecule has 0 saturated heterocycles. The summed E-state index contributed by atoms with van der Waals surface area (Å²) in [5, 5.41) is 10.7. The molecule has 0 aliphatic carbocycles. The van der Waals surface area contributed by atoms with E-state index in [9.17, 15) is 0 Å². The molecule has 0 amide bonds. The normalized spacial score (nSPS) is 11.9. The van der Waals surface area contributed by atoms with E-state index in [1.54, 1.807) is 6.20 Å². The van der Waals surface area contributed by atoms with Crippen LogP contribution in [0.25, 0.3) is 0 Å². The van der Waals surface area contributed by atoms with E-state index in [2.05, 4.69) is 41.5 Å². The maximum Gasteiger partial charge on any atom is 0.191 e. The summed E-state index contributed by atoms with van der Waals surface area (Å²) < 4.78 is 1.90. The minimum absolute atomic E-state index is 0.580. The van der Waals surface area contributed by atoms with Crippen LogP contribution in [0.2, 0.25) is 0 Å². The molecule has 0 fully saturated rings.